The smallest absolute Gasteiger partial charge is 0.0985 e. The molecule has 2 atom stereocenters. The fourth-order valence-electron chi connectivity index (χ4n) is 1.75. The summed E-state index contributed by atoms with van der Waals surface area (Å²) < 4.78 is 0. The molecule has 110 valence electrons. The van der Waals surface area contributed by atoms with Crippen LogP contribution in [0.25, 0.3) is 0 Å². The molecule has 1 rings (SSSR count). The summed E-state index contributed by atoms with van der Waals surface area (Å²) in [5, 5.41) is 4.85. The Bertz CT molecular complexity index is 404. The number of aryl methyl sites for hydroxylation is 1. The van der Waals surface area contributed by atoms with Gasteiger partial charge in [0, 0.05) is 28.9 Å². The van der Waals surface area contributed by atoms with E-state index >= 15 is 0 Å². The molecular weight excluding hydrogens is 254 g/mol. The minimum Gasteiger partial charge on any atom is -0.308 e. The molecule has 0 fully saturated rings. The molecule has 4 heteroatoms. The van der Waals surface area contributed by atoms with Gasteiger partial charge in [-0.15, -0.1) is 11.3 Å². The topological polar surface area (TPSA) is 28.2 Å². The number of hydrogen-bond acceptors (Lipinski definition) is 4. The largest absolute Gasteiger partial charge is 0.308 e. The Morgan fingerprint density at radius 2 is 1.84 bits per heavy atom. The minimum atomic E-state index is 0.143. The second-order valence-electron chi connectivity index (χ2n) is 6.66. The highest BCUT2D eigenvalue weighted by atomic mass is 32.1. The molecule has 19 heavy (non-hydrogen) atoms. The van der Waals surface area contributed by atoms with Crippen LogP contribution in [0.3, 0.4) is 0 Å². The highest BCUT2D eigenvalue weighted by molar-refractivity contribution is 7.12. The van der Waals surface area contributed by atoms with Gasteiger partial charge >= 0.3 is 0 Å². The summed E-state index contributed by atoms with van der Waals surface area (Å²) in [6.07, 6.45) is 0. The van der Waals surface area contributed by atoms with Crippen LogP contribution in [0, 0.1) is 6.92 Å². The van der Waals surface area contributed by atoms with Gasteiger partial charge in [-0.2, -0.15) is 0 Å². The Kier molecular flexibility index (Phi) is 5.53. The van der Waals surface area contributed by atoms with Crippen molar-refractivity contribution in [1.29, 1.82) is 0 Å². The third-order valence-corrected chi connectivity index (χ3v) is 5.23. The molecule has 0 spiro atoms. The second-order valence-corrected chi connectivity index (χ2v) is 7.69. The average molecular weight is 283 g/mol. The minimum absolute atomic E-state index is 0.143. The molecule has 1 aromatic heterocycles. The van der Waals surface area contributed by atoms with Crippen LogP contribution in [0.2, 0.25) is 0 Å². The third kappa shape index (κ3) is 4.55. The first-order valence-corrected chi connectivity index (χ1v) is 7.82. The summed E-state index contributed by atoms with van der Waals surface area (Å²) in [7, 11) is 4.24. The Balaban J connectivity index is 2.72. The zero-order valence-electron chi connectivity index (χ0n) is 13.7. The molecule has 0 saturated carbocycles. The van der Waals surface area contributed by atoms with Gasteiger partial charge in [-0.3, -0.25) is 0 Å². The molecule has 0 bridgehead atoms. The molecule has 0 aliphatic rings. The molecule has 0 aliphatic heterocycles. The van der Waals surface area contributed by atoms with Crippen LogP contribution in [0.15, 0.2) is 0 Å². The van der Waals surface area contributed by atoms with Gasteiger partial charge in [-0.25, -0.2) is 4.98 Å². The first-order chi connectivity index (χ1) is 8.62. The average Bonchev–Trinajstić information content (AvgIpc) is 2.67. The monoisotopic (exact) mass is 283 g/mol. The van der Waals surface area contributed by atoms with Crippen LogP contribution >= 0.6 is 11.3 Å². The van der Waals surface area contributed by atoms with Crippen molar-refractivity contribution < 1.29 is 0 Å². The van der Waals surface area contributed by atoms with E-state index < -0.39 is 0 Å². The summed E-state index contributed by atoms with van der Waals surface area (Å²) in [6.45, 7) is 14.3. The Morgan fingerprint density at radius 3 is 2.26 bits per heavy atom. The predicted octanol–water partition coefficient (Wildman–Crippen LogP) is 3.35. The van der Waals surface area contributed by atoms with E-state index in [0.29, 0.717) is 12.1 Å². The predicted molar refractivity (Wildman–Crippen MR) is 85.1 cm³/mol. The second kappa shape index (κ2) is 6.33. The molecule has 0 aliphatic carbocycles. The quantitative estimate of drug-likeness (QED) is 0.898. The third-order valence-electron chi connectivity index (χ3n) is 3.47. The van der Waals surface area contributed by atoms with Crippen molar-refractivity contribution in [2.45, 2.75) is 59.0 Å². The number of likely N-dealkylation sites (N-methyl/N-ethyl adjacent to an activating group) is 1. The fourth-order valence-corrected chi connectivity index (χ4v) is 2.90. The van der Waals surface area contributed by atoms with Gasteiger partial charge in [0.2, 0.25) is 0 Å². The zero-order valence-corrected chi connectivity index (χ0v) is 14.5. The molecule has 0 amide bonds. The van der Waals surface area contributed by atoms with Crippen LogP contribution in [-0.2, 0) is 5.41 Å². The lowest BCUT2D eigenvalue weighted by Gasteiger charge is -2.22. The molecule has 2 unspecified atom stereocenters. The highest BCUT2D eigenvalue weighted by Gasteiger charge is 2.22. The number of nitrogens with one attached hydrogen (secondary N) is 1. The number of nitrogens with zero attached hydrogens (tertiary/aromatic N) is 2. The molecule has 1 aromatic rings. The lowest BCUT2D eigenvalue weighted by Crippen LogP contribution is -2.36. The van der Waals surface area contributed by atoms with Crippen molar-refractivity contribution >= 4 is 11.3 Å². The lowest BCUT2D eigenvalue weighted by molar-refractivity contribution is 0.296. The van der Waals surface area contributed by atoms with Gasteiger partial charge < -0.3 is 10.2 Å². The van der Waals surface area contributed by atoms with Crippen LogP contribution in [0.4, 0.5) is 0 Å². The van der Waals surface area contributed by atoms with Crippen molar-refractivity contribution in [1.82, 2.24) is 15.2 Å². The maximum absolute atomic E-state index is 4.73. The van der Waals surface area contributed by atoms with Gasteiger partial charge in [-0.1, -0.05) is 20.8 Å². The van der Waals surface area contributed by atoms with Crippen LogP contribution in [-0.4, -0.2) is 36.6 Å². The number of hydrogen-bond donors (Lipinski definition) is 1. The first-order valence-electron chi connectivity index (χ1n) is 7.00. The number of aromatic nitrogens is 1. The maximum atomic E-state index is 4.73. The Hall–Kier alpha value is -0.450. The molecule has 0 saturated heterocycles. The normalized spacial score (nSPS) is 15.8. The molecule has 1 heterocycles. The fraction of sp³-hybridized carbons (Fsp3) is 0.800. The maximum Gasteiger partial charge on any atom is 0.0985 e. The van der Waals surface area contributed by atoms with E-state index in [-0.39, 0.29) is 5.41 Å². The van der Waals surface area contributed by atoms with E-state index in [1.807, 2.05) is 11.3 Å². The van der Waals surface area contributed by atoms with Gasteiger partial charge in [-0.05, 0) is 34.9 Å². The summed E-state index contributed by atoms with van der Waals surface area (Å²) >= 11 is 1.85. The Labute approximate surface area is 122 Å². The van der Waals surface area contributed by atoms with Gasteiger partial charge in [0.25, 0.3) is 0 Å². The van der Waals surface area contributed by atoms with Crippen molar-refractivity contribution in [3.8, 4) is 0 Å². The summed E-state index contributed by atoms with van der Waals surface area (Å²) in [4.78, 5) is 8.34. The number of rotatable bonds is 5. The molecule has 3 nitrogen and oxygen atoms in total. The first kappa shape index (κ1) is 16.6. The van der Waals surface area contributed by atoms with Gasteiger partial charge in [0.05, 0.1) is 10.7 Å². The van der Waals surface area contributed by atoms with E-state index in [9.17, 15) is 0 Å². The van der Waals surface area contributed by atoms with Crippen molar-refractivity contribution in [3.05, 3.63) is 15.6 Å². The molecule has 0 aromatic carbocycles. The lowest BCUT2D eigenvalue weighted by atomic mass is 9.98. The molecule has 1 N–H and O–H groups in total. The van der Waals surface area contributed by atoms with E-state index in [0.717, 1.165) is 6.54 Å². The standard InChI is InChI=1S/C15H29N3S/c1-10(18(7)8)9-16-11(2)13-12(3)17-14(19-13)15(4,5)6/h10-11,16H,9H2,1-8H3. The van der Waals surface area contributed by atoms with Crippen LogP contribution in [0.1, 0.15) is 56.2 Å². The van der Waals surface area contributed by atoms with E-state index in [2.05, 4.69) is 65.9 Å². The SMILES string of the molecule is Cc1nc(C(C)(C)C)sc1C(C)NCC(C)N(C)C. The summed E-state index contributed by atoms with van der Waals surface area (Å²) in [5.74, 6) is 0. The van der Waals surface area contributed by atoms with Crippen molar-refractivity contribution in [2.75, 3.05) is 20.6 Å². The van der Waals surface area contributed by atoms with Crippen LogP contribution < -0.4 is 5.32 Å². The van der Waals surface area contributed by atoms with Crippen molar-refractivity contribution in [2.24, 2.45) is 0 Å². The Morgan fingerprint density at radius 1 is 1.26 bits per heavy atom. The molecule has 0 radical (unpaired) electrons. The zero-order chi connectivity index (χ0) is 14.8. The highest BCUT2D eigenvalue weighted by Crippen LogP contribution is 2.32. The van der Waals surface area contributed by atoms with Crippen molar-refractivity contribution in [3.63, 3.8) is 0 Å². The van der Waals surface area contributed by atoms with Crippen LogP contribution in [0.5, 0.6) is 0 Å². The summed E-state index contributed by atoms with van der Waals surface area (Å²) in [5.41, 5.74) is 1.32. The van der Waals surface area contributed by atoms with E-state index in [4.69, 9.17) is 4.98 Å². The molecular formula is C15H29N3S. The van der Waals surface area contributed by atoms with E-state index in [1.54, 1.807) is 0 Å². The summed E-state index contributed by atoms with van der Waals surface area (Å²) in [6, 6.07) is 0.911. The number of thiazole rings is 1. The van der Waals surface area contributed by atoms with Gasteiger partial charge in [0.15, 0.2) is 0 Å². The van der Waals surface area contributed by atoms with E-state index in [1.165, 1.54) is 15.6 Å². The van der Waals surface area contributed by atoms with Gasteiger partial charge in [0.1, 0.15) is 0 Å².